The molecule has 2 aromatic heterocycles. The van der Waals surface area contributed by atoms with Gasteiger partial charge in [0.2, 0.25) is 0 Å². The first-order valence-electron chi connectivity index (χ1n) is 7.23. The summed E-state index contributed by atoms with van der Waals surface area (Å²) in [6.07, 6.45) is 0. The molecule has 0 aliphatic rings. The molecule has 1 amide bonds. The van der Waals surface area contributed by atoms with E-state index in [2.05, 4.69) is 25.3 Å². The van der Waals surface area contributed by atoms with Crippen LogP contribution < -0.4 is 5.32 Å². The van der Waals surface area contributed by atoms with Crippen LogP contribution in [0.25, 0.3) is 11.0 Å². The molecule has 1 N–H and O–H groups in total. The standard InChI is InChI=1S/C15H15N5O3S/c1-4-20-11-6-5-9(7-10(11)18-19-20)13(21)17-15-16-8(2)12(24-15)14(22)23-3/h5-7H,4H2,1-3H3,(H,16,17,21). The van der Waals surface area contributed by atoms with Crippen molar-refractivity contribution < 1.29 is 14.3 Å². The maximum absolute atomic E-state index is 12.4. The summed E-state index contributed by atoms with van der Waals surface area (Å²) in [5, 5.41) is 11.1. The lowest BCUT2D eigenvalue weighted by Crippen LogP contribution is -2.11. The van der Waals surface area contributed by atoms with Crippen LogP contribution in [-0.2, 0) is 11.3 Å². The lowest BCUT2D eigenvalue weighted by Gasteiger charge is -2.02. The van der Waals surface area contributed by atoms with Crippen LogP contribution in [0, 0.1) is 6.92 Å². The number of aryl methyl sites for hydroxylation is 2. The van der Waals surface area contributed by atoms with Crippen LogP contribution in [0.1, 0.15) is 32.6 Å². The third-order valence-corrected chi connectivity index (χ3v) is 4.52. The summed E-state index contributed by atoms with van der Waals surface area (Å²) in [5.74, 6) is -0.795. The van der Waals surface area contributed by atoms with Crippen LogP contribution in [0.2, 0.25) is 0 Å². The van der Waals surface area contributed by atoms with Crippen molar-refractivity contribution in [2.75, 3.05) is 12.4 Å². The highest BCUT2D eigenvalue weighted by atomic mass is 32.1. The van der Waals surface area contributed by atoms with Gasteiger partial charge in [-0.3, -0.25) is 10.1 Å². The van der Waals surface area contributed by atoms with Crippen LogP contribution in [0.4, 0.5) is 5.13 Å². The number of anilines is 1. The first kappa shape index (κ1) is 16.1. The average molecular weight is 345 g/mol. The minimum Gasteiger partial charge on any atom is -0.465 e. The van der Waals surface area contributed by atoms with Crippen molar-refractivity contribution in [3.63, 3.8) is 0 Å². The van der Waals surface area contributed by atoms with Gasteiger partial charge in [-0.25, -0.2) is 14.5 Å². The van der Waals surface area contributed by atoms with Crippen LogP contribution in [0.5, 0.6) is 0 Å². The zero-order valence-electron chi connectivity index (χ0n) is 13.4. The minimum absolute atomic E-state index is 0.326. The van der Waals surface area contributed by atoms with E-state index in [9.17, 15) is 9.59 Å². The summed E-state index contributed by atoms with van der Waals surface area (Å²) < 4.78 is 6.44. The third-order valence-electron chi connectivity index (χ3n) is 3.46. The van der Waals surface area contributed by atoms with Gasteiger partial charge in [0.05, 0.1) is 18.3 Å². The molecule has 8 nitrogen and oxygen atoms in total. The quantitative estimate of drug-likeness (QED) is 0.728. The van der Waals surface area contributed by atoms with E-state index in [0.29, 0.717) is 33.3 Å². The van der Waals surface area contributed by atoms with Gasteiger partial charge in [-0.15, -0.1) is 5.10 Å². The van der Waals surface area contributed by atoms with E-state index in [0.717, 1.165) is 16.9 Å². The van der Waals surface area contributed by atoms with Crippen molar-refractivity contribution in [2.45, 2.75) is 20.4 Å². The summed E-state index contributed by atoms with van der Waals surface area (Å²) in [6.45, 7) is 4.36. The molecule has 0 spiro atoms. The summed E-state index contributed by atoms with van der Waals surface area (Å²) in [7, 11) is 1.30. The summed E-state index contributed by atoms with van der Waals surface area (Å²) in [6, 6.07) is 5.18. The van der Waals surface area contributed by atoms with Gasteiger partial charge in [0.1, 0.15) is 10.4 Å². The van der Waals surface area contributed by atoms with Crippen LogP contribution >= 0.6 is 11.3 Å². The lowest BCUT2D eigenvalue weighted by molar-refractivity contribution is 0.0605. The van der Waals surface area contributed by atoms with Crippen LogP contribution in [0.3, 0.4) is 0 Å². The second kappa shape index (κ2) is 6.36. The number of carbonyl (C=O) groups is 2. The van der Waals surface area contributed by atoms with Gasteiger partial charge in [-0.2, -0.15) is 0 Å². The van der Waals surface area contributed by atoms with Gasteiger partial charge >= 0.3 is 5.97 Å². The molecule has 124 valence electrons. The largest absolute Gasteiger partial charge is 0.465 e. The molecule has 3 aromatic rings. The molecule has 0 aliphatic carbocycles. The molecular formula is C15H15N5O3S. The molecule has 0 saturated carbocycles. The fourth-order valence-corrected chi connectivity index (χ4v) is 3.13. The van der Waals surface area contributed by atoms with E-state index in [4.69, 9.17) is 0 Å². The number of hydrogen-bond acceptors (Lipinski definition) is 7. The van der Waals surface area contributed by atoms with Gasteiger partial charge in [0.25, 0.3) is 5.91 Å². The Kier molecular flexibility index (Phi) is 4.26. The number of aromatic nitrogens is 4. The lowest BCUT2D eigenvalue weighted by atomic mass is 10.2. The Labute approximate surface area is 141 Å². The van der Waals surface area contributed by atoms with E-state index in [-0.39, 0.29) is 5.91 Å². The number of carbonyl (C=O) groups excluding carboxylic acids is 2. The van der Waals surface area contributed by atoms with Crippen LogP contribution in [-0.4, -0.2) is 39.0 Å². The molecule has 3 rings (SSSR count). The molecule has 0 aliphatic heterocycles. The Morgan fingerprint density at radius 1 is 1.38 bits per heavy atom. The number of thiazole rings is 1. The zero-order valence-corrected chi connectivity index (χ0v) is 14.2. The SMILES string of the molecule is CCn1nnc2cc(C(=O)Nc3nc(C)c(C(=O)OC)s3)ccc21. The predicted octanol–water partition coefficient (Wildman–Crippen LogP) is 2.26. The molecule has 0 bridgehead atoms. The Hall–Kier alpha value is -2.81. The molecule has 9 heteroatoms. The average Bonchev–Trinajstić information content (AvgIpc) is 3.16. The van der Waals surface area contributed by atoms with Crippen LogP contribution in [0.15, 0.2) is 18.2 Å². The summed E-state index contributed by atoms with van der Waals surface area (Å²) in [4.78, 5) is 28.5. The molecule has 24 heavy (non-hydrogen) atoms. The van der Waals surface area contributed by atoms with Crippen molar-refractivity contribution >= 4 is 39.4 Å². The molecule has 2 heterocycles. The second-order valence-electron chi connectivity index (χ2n) is 4.99. The topological polar surface area (TPSA) is 99.0 Å². The smallest absolute Gasteiger partial charge is 0.350 e. The molecule has 0 radical (unpaired) electrons. The van der Waals surface area contributed by atoms with E-state index in [1.165, 1.54) is 7.11 Å². The minimum atomic E-state index is -0.469. The number of rotatable bonds is 4. The molecular weight excluding hydrogens is 330 g/mol. The van der Waals surface area contributed by atoms with Crippen molar-refractivity contribution in [3.8, 4) is 0 Å². The molecule has 1 aromatic carbocycles. The fourth-order valence-electron chi connectivity index (χ4n) is 2.25. The molecule has 0 fully saturated rings. The number of amides is 1. The van der Waals surface area contributed by atoms with Gasteiger partial charge < -0.3 is 4.74 Å². The van der Waals surface area contributed by atoms with Gasteiger partial charge in [0, 0.05) is 12.1 Å². The second-order valence-corrected chi connectivity index (χ2v) is 5.99. The Bertz CT molecular complexity index is 930. The number of hydrogen-bond donors (Lipinski definition) is 1. The highest BCUT2D eigenvalue weighted by Gasteiger charge is 2.18. The number of ether oxygens (including phenoxy) is 1. The number of nitrogens with zero attached hydrogens (tertiary/aromatic N) is 4. The Balaban J connectivity index is 1.83. The highest BCUT2D eigenvalue weighted by molar-refractivity contribution is 7.17. The normalized spacial score (nSPS) is 10.8. The van der Waals surface area contributed by atoms with E-state index in [1.54, 1.807) is 29.8 Å². The molecule has 0 saturated heterocycles. The summed E-state index contributed by atoms with van der Waals surface area (Å²) >= 11 is 1.08. The van der Waals surface area contributed by atoms with Crippen molar-refractivity contribution in [3.05, 3.63) is 34.3 Å². The highest BCUT2D eigenvalue weighted by Crippen LogP contribution is 2.24. The predicted molar refractivity (Wildman–Crippen MR) is 89.3 cm³/mol. The van der Waals surface area contributed by atoms with E-state index in [1.807, 2.05) is 6.92 Å². The van der Waals surface area contributed by atoms with Crippen molar-refractivity contribution in [1.29, 1.82) is 0 Å². The third kappa shape index (κ3) is 2.85. The van der Waals surface area contributed by atoms with E-state index >= 15 is 0 Å². The molecule has 0 atom stereocenters. The van der Waals surface area contributed by atoms with Crippen molar-refractivity contribution in [2.24, 2.45) is 0 Å². The maximum atomic E-state index is 12.4. The Morgan fingerprint density at radius 2 is 2.17 bits per heavy atom. The van der Waals surface area contributed by atoms with Gasteiger partial charge in [-0.1, -0.05) is 16.6 Å². The molecule has 0 unspecified atom stereocenters. The number of fused-ring (bicyclic) bond motifs is 1. The maximum Gasteiger partial charge on any atom is 0.350 e. The number of methoxy groups -OCH3 is 1. The summed E-state index contributed by atoms with van der Waals surface area (Å²) in [5.41, 5.74) is 2.48. The number of esters is 1. The number of nitrogens with one attached hydrogen (secondary N) is 1. The van der Waals surface area contributed by atoms with Gasteiger partial charge in [-0.05, 0) is 32.0 Å². The zero-order chi connectivity index (χ0) is 17.3. The number of benzene rings is 1. The fraction of sp³-hybridized carbons (Fsp3) is 0.267. The Morgan fingerprint density at radius 3 is 2.88 bits per heavy atom. The first-order valence-corrected chi connectivity index (χ1v) is 8.05. The van der Waals surface area contributed by atoms with Crippen molar-refractivity contribution in [1.82, 2.24) is 20.0 Å². The first-order chi connectivity index (χ1) is 11.5. The van der Waals surface area contributed by atoms with E-state index < -0.39 is 5.97 Å². The monoisotopic (exact) mass is 345 g/mol. The van der Waals surface area contributed by atoms with Gasteiger partial charge in [0.15, 0.2) is 5.13 Å².